The number of hydrogen-bond acceptors (Lipinski definition) is 2. The third-order valence-corrected chi connectivity index (χ3v) is 1.88. The van der Waals surface area contributed by atoms with Gasteiger partial charge in [0.1, 0.15) is 5.76 Å². The maximum Gasteiger partial charge on any atom is 0.118 e. The van der Waals surface area contributed by atoms with E-state index in [4.69, 9.17) is 10.5 Å². The number of nitrogens with two attached hydrogens (primary N) is 1. The highest BCUT2D eigenvalue weighted by Crippen LogP contribution is 2.10. The van der Waals surface area contributed by atoms with E-state index in [1.165, 1.54) is 5.57 Å². The van der Waals surface area contributed by atoms with E-state index in [1.807, 2.05) is 13.0 Å². The van der Waals surface area contributed by atoms with Gasteiger partial charge in [-0.15, -0.1) is 0 Å². The first kappa shape index (κ1) is 11.2. The highest BCUT2D eigenvalue weighted by atomic mass is 16.5. The Morgan fingerprint density at radius 1 is 1.42 bits per heavy atom. The lowest BCUT2D eigenvalue weighted by Gasteiger charge is -2.06. The van der Waals surface area contributed by atoms with Crippen LogP contribution in [-0.4, -0.2) is 13.7 Å². The fourth-order valence-corrected chi connectivity index (χ4v) is 0.783. The van der Waals surface area contributed by atoms with Crippen molar-refractivity contribution in [3.05, 3.63) is 23.0 Å². The third-order valence-electron chi connectivity index (χ3n) is 1.88. The molecule has 2 nitrogen and oxygen atoms in total. The minimum absolute atomic E-state index is 0.552. The van der Waals surface area contributed by atoms with Gasteiger partial charge in [0.2, 0.25) is 0 Å². The Morgan fingerprint density at radius 3 is 2.33 bits per heavy atom. The van der Waals surface area contributed by atoms with Crippen molar-refractivity contribution < 1.29 is 4.74 Å². The number of hydrogen-bond donors (Lipinski definition) is 1. The molecule has 2 N–H and O–H groups in total. The minimum atomic E-state index is 0.552. The first-order valence-corrected chi connectivity index (χ1v) is 4.26. The summed E-state index contributed by atoms with van der Waals surface area (Å²) in [6.45, 7) is 6.74. The monoisotopic (exact) mass is 169 g/mol. The summed E-state index contributed by atoms with van der Waals surface area (Å²) >= 11 is 0. The van der Waals surface area contributed by atoms with E-state index >= 15 is 0 Å². The average Bonchev–Trinajstić information content (AvgIpc) is 2.12. The lowest BCUT2D eigenvalue weighted by Crippen LogP contribution is -2.03. The Kier molecular flexibility index (Phi) is 5.47. The molecular weight excluding hydrogens is 150 g/mol. The summed E-state index contributed by atoms with van der Waals surface area (Å²) < 4.78 is 5.20. The Morgan fingerprint density at radius 2 is 2.00 bits per heavy atom. The quantitative estimate of drug-likeness (QED) is 0.517. The molecule has 0 aliphatic heterocycles. The van der Waals surface area contributed by atoms with Gasteiger partial charge in [-0.1, -0.05) is 12.5 Å². The molecule has 0 heterocycles. The van der Waals surface area contributed by atoms with Gasteiger partial charge < -0.3 is 10.5 Å². The van der Waals surface area contributed by atoms with Gasteiger partial charge in [0.05, 0.1) is 7.11 Å². The average molecular weight is 169 g/mol. The summed E-state index contributed by atoms with van der Waals surface area (Å²) in [7, 11) is 1.67. The van der Waals surface area contributed by atoms with Crippen molar-refractivity contribution in [1.29, 1.82) is 0 Å². The van der Waals surface area contributed by atoms with E-state index in [0.717, 1.165) is 17.8 Å². The molecule has 0 amide bonds. The minimum Gasteiger partial charge on any atom is -0.497 e. The van der Waals surface area contributed by atoms with E-state index < -0.39 is 0 Å². The molecule has 0 aliphatic carbocycles. The molecule has 0 saturated carbocycles. The molecule has 0 aliphatic rings. The van der Waals surface area contributed by atoms with Gasteiger partial charge in [0.25, 0.3) is 0 Å². The first-order chi connectivity index (χ1) is 5.65. The zero-order chi connectivity index (χ0) is 9.56. The molecule has 0 atom stereocenters. The first-order valence-electron chi connectivity index (χ1n) is 4.26. The predicted molar refractivity (Wildman–Crippen MR) is 52.8 cm³/mol. The molecule has 0 saturated heterocycles. The Bertz CT molecular complexity index is 192. The molecule has 12 heavy (non-hydrogen) atoms. The van der Waals surface area contributed by atoms with E-state index in [1.54, 1.807) is 7.11 Å². The van der Waals surface area contributed by atoms with Gasteiger partial charge in [-0.2, -0.15) is 0 Å². The van der Waals surface area contributed by atoms with Gasteiger partial charge in [0.15, 0.2) is 0 Å². The van der Waals surface area contributed by atoms with Gasteiger partial charge in [0, 0.05) is 6.54 Å². The van der Waals surface area contributed by atoms with E-state index in [-0.39, 0.29) is 0 Å². The number of ether oxygens (including phenoxy) is 1. The molecule has 0 aromatic rings. The molecule has 0 radical (unpaired) electrons. The van der Waals surface area contributed by atoms with Gasteiger partial charge in [-0.05, 0) is 31.9 Å². The van der Waals surface area contributed by atoms with Crippen molar-refractivity contribution in [3.8, 4) is 0 Å². The summed E-state index contributed by atoms with van der Waals surface area (Å²) in [6, 6.07) is 0. The van der Waals surface area contributed by atoms with Crippen molar-refractivity contribution in [3.63, 3.8) is 0 Å². The van der Waals surface area contributed by atoms with Crippen LogP contribution in [0.4, 0.5) is 0 Å². The zero-order valence-corrected chi connectivity index (χ0v) is 8.48. The summed E-state index contributed by atoms with van der Waals surface area (Å²) in [4.78, 5) is 0. The second-order valence-corrected chi connectivity index (χ2v) is 2.90. The Balaban J connectivity index is 4.57. The lowest BCUT2D eigenvalue weighted by atomic mass is 10.1. The molecule has 0 aromatic heterocycles. The predicted octanol–water partition coefficient (Wildman–Crippen LogP) is 2.22. The summed E-state index contributed by atoms with van der Waals surface area (Å²) in [6.07, 6.45) is 3.09. The van der Waals surface area contributed by atoms with Crippen molar-refractivity contribution in [1.82, 2.24) is 0 Å². The fourth-order valence-electron chi connectivity index (χ4n) is 0.783. The van der Waals surface area contributed by atoms with Gasteiger partial charge in [-0.25, -0.2) is 0 Å². The molecule has 0 rings (SSSR count). The van der Waals surface area contributed by atoms with Crippen molar-refractivity contribution >= 4 is 0 Å². The third kappa shape index (κ3) is 3.58. The lowest BCUT2D eigenvalue weighted by molar-refractivity contribution is 0.301. The van der Waals surface area contributed by atoms with Crippen LogP contribution in [0, 0.1) is 0 Å². The second-order valence-electron chi connectivity index (χ2n) is 2.90. The molecular formula is C10H19NO. The van der Waals surface area contributed by atoms with Crippen molar-refractivity contribution in [2.45, 2.75) is 27.2 Å². The smallest absolute Gasteiger partial charge is 0.118 e. The summed E-state index contributed by atoms with van der Waals surface area (Å²) in [5, 5.41) is 0. The molecule has 0 fully saturated rings. The van der Waals surface area contributed by atoms with Crippen LogP contribution >= 0.6 is 0 Å². The molecule has 0 unspecified atom stereocenters. The van der Waals surface area contributed by atoms with Crippen molar-refractivity contribution in [2.24, 2.45) is 5.73 Å². The Hall–Kier alpha value is -0.760. The largest absolute Gasteiger partial charge is 0.497 e. The zero-order valence-electron chi connectivity index (χ0n) is 8.48. The molecule has 2 heteroatoms. The van der Waals surface area contributed by atoms with E-state index in [9.17, 15) is 0 Å². The highest BCUT2D eigenvalue weighted by molar-refractivity contribution is 5.22. The van der Waals surface area contributed by atoms with Crippen LogP contribution in [0.5, 0.6) is 0 Å². The molecule has 0 bridgehead atoms. The number of methoxy groups -OCH3 is 1. The Labute approximate surface area is 75.1 Å². The number of allylic oxidation sites excluding steroid dienone is 2. The molecule has 0 spiro atoms. The van der Waals surface area contributed by atoms with Crippen LogP contribution in [0.15, 0.2) is 23.0 Å². The summed E-state index contributed by atoms with van der Waals surface area (Å²) in [5.74, 6) is 0.900. The van der Waals surface area contributed by atoms with Crippen LogP contribution in [0.1, 0.15) is 27.2 Å². The standard InChI is InChI=1S/C10H19NO/c1-5-8(2)6-10(12-4)9(3)7-11/h6H,5,7,11H2,1-4H3/b8-6+,10-9-. The topological polar surface area (TPSA) is 35.2 Å². The normalized spacial score (nSPS) is 14.2. The second kappa shape index (κ2) is 5.84. The number of rotatable bonds is 4. The van der Waals surface area contributed by atoms with Crippen molar-refractivity contribution in [2.75, 3.05) is 13.7 Å². The van der Waals surface area contributed by atoms with Gasteiger partial charge in [-0.3, -0.25) is 0 Å². The van der Waals surface area contributed by atoms with Crippen LogP contribution in [0.3, 0.4) is 0 Å². The van der Waals surface area contributed by atoms with Crippen LogP contribution < -0.4 is 5.73 Å². The molecule has 0 aromatic carbocycles. The van der Waals surface area contributed by atoms with E-state index in [2.05, 4.69) is 13.8 Å². The van der Waals surface area contributed by atoms with Crippen LogP contribution in [0.2, 0.25) is 0 Å². The maximum atomic E-state index is 5.50. The van der Waals surface area contributed by atoms with Gasteiger partial charge >= 0.3 is 0 Å². The fraction of sp³-hybridized carbons (Fsp3) is 0.600. The van der Waals surface area contributed by atoms with Crippen LogP contribution in [0.25, 0.3) is 0 Å². The summed E-state index contributed by atoms with van der Waals surface area (Å²) in [5.41, 5.74) is 7.89. The van der Waals surface area contributed by atoms with Crippen LogP contribution in [-0.2, 0) is 4.74 Å². The molecule has 70 valence electrons. The maximum absolute atomic E-state index is 5.50. The highest BCUT2D eigenvalue weighted by Gasteiger charge is 1.97. The SMILES string of the molecule is CC/C(C)=C/C(OC)=C(\C)CN. The van der Waals surface area contributed by atoms with E-state index in [0.29, 0.717) is 6.54 Å².